The zero-order valence-electron chi connectivity index (χ0n) is 13.3. The maximum Gasteiger partial charge on any atom is 0.0858 e. The van der Waals surface area contributed by atoms with E-state index < -0.39 is 0 Å². The molecule has 2 unspecified atom stereocenters. The van der Waals surface area contributed by atoms with Gasteiger partial charge in [0.2, 0.25) is 0 Å². The maximum atomic E-state index is 6.04. The number of halogens is 1. The van der Waals surface area contributed by atoms with Crippen LogP contribution in [0, 0.1) is 0 Å². The van der Waals surface area contributed by atoms with E-state index in [1.54, 1.807) is 0 Å². The first kappa shape index (κ1) is 16.8. The lowest BCUT2D eigenvalue weighted by Crippen LogP contribution is -2.54. The van der Waals surface area contributed by atoms with E-state index in [4.69, 9.17) is 16.3 Å². The van der Waals surface area contributed by atoms with Gasteiger partial charge in [-0.1, -0.05) is 30.7 Å². The number of ether oxygens (including phenoxy) is 1. The van der Waals surface area contributed by atoms with E-state index in [1.807, 2.05) is 12.1 Å². The summed E-state index contributed by atoms with van der Waals surface area (Å²) in [5.74, 6) is 0. The van der Waals surface area contributed by atoms with Crippen molar-refractivity contribution in [1.82, 2.24) is 10.2 Å². The van der Waals surface area contributed by atoms with Gasteiger partial charge in [0.1, 0.15) is 0 Å². The minimum Gasteiger partial charge on any atom is -0.374 e. The van der Waals surface area contributed by atoms with Crippen molar-refractivity contribution >= 4 is 11.6 Å². The van der Waals surface area contributed by atoms with Crippen LogP contribution in [0.3, 0.4) is 0 Å². The van der Waals surface area contributed by atoms with E-state index in [9.17, 15) is 0 Å². The Bertz CT molecular complexity index is 421. The third-order valence-electron chi connectivity index (χ3n) is 4.14. The Morgan fingerprint density at radius 3 is 2.67 bits per heavy atom. The molecule has 1 aliphatic heterocycles. The topological polar surface area (TPSA) is 24.5 Å². The highest BCUT2D eigenvalue weighted by Gasteiger charge is 2.28. The molecule has 4 heteroatoms. The van der Waals surface area contributed by atoms with E-state index in [0.29, 0.717) is 12.1 Å². The third kappa shape index (κ3) is 4.96. The monoisotopic (exact) mass is 310 g/mol. The molecule has 0 bridgehead atoms. The molecule has 0 saturated carbocycles. The van der Waals surface area contributed by atoms with Gasteiger partial charge in [-0.05, 0) is 44.5 Å². The van der Waals surface area contributed by atoms with Gasteiger partial charge in [0.25, 0.3) is 0 Å². The Labute approximate surface area is 133 Å². The van der Waals surface area contributed by atoms with Crippen molar-refractivity contribution in [2.45, 2.75) is 45.4 Å². The molecule has 1 saturated heterocycles. The second-order valence-electron chi connectivity index (χ2n) is 5.99. The van der Waals surface area contributed by atoms with Crippen LogP contribution in [0.1, 0.15) is 26.3 Å². The van der Waals surface area contributed by atoms with E-state index >= 15 is 0 Å². The van der Waals surface area contributed by atoms with Gasteiger partial charge in [0.05, 0.1) is 12.7 Å². The lowest BCUT2D eigenvalue weighted by molar-refractivity contribution is -0.0550. The maximum absolute atomic E-state index is 6.04. The molecule has 1 aromatic rings. The molecular formula is C17H27ClN2O. The first-order chi connectivity index (χ1) is 10.1. The van der Waals surface area contributed by atoms with E-state index in [1.165, 1.54) is 5.56 Å². The summed E-state index contributed by atoms with van der Waals surface area (Å²) in [6, 6.07) is 9.06. The van der Waals surface area contributed by atoms with Gasteiger partial charge in [0.15, 0.2) is 0 Å². The summed E-state index contributed by atoms with van der Waals surface area (Å²) in [5, 5.41) is 4.38. The smallest absolute Gasteiger partial charge is 0.0858 e. The Kier molecular flexibility index (Phi) is 6.49. The molecule has 21 heavy (non-hydrogen) atoms. The van der Waals surface area contributed by atoms with E-state index in [2.05, 4.69) is 43.1 Å². The summed E-state index contributed by atoms with van der Waals surface area (Å²) in [6.07, 6.45) is 1.22. The average Bonchev–Trinajstić information content (AvgIpc) is 2.49. The summed E-state index contributed by atoms with van der Waals surface area (Å²) in [5.41, 5.74) is 1.30. The average molecular weight is 311 g/mol. The molecule has 0 aliphatic carbocycles. The molecule has 3 nitrogen and oxygen atoms in total. The van der Waals surface area contributed by atoms with Crippen molar-refractivity contribution in [1.29, 1.82) is 0 Å². The van der Waals surface area contributed by atoms with Crippen molar-refractivity contribution in [3.05, 3.63) is 34.9 Å². The van der Waals surface area contributed by atoms with Gasteiger partial charge in [-0.3, -0.25) is 4.90 Å². The van der Waals surface area contributed by atoms with Gasteiger partial charge in [-0.15, -0.1) is 0 Å². The molecule has 0 amide bonds. The standard InChI is InChI=1S/C17H27ClN2O/c1-4-19-16(11-14-5-7-15(18)8-6-14)17-12-20(13(2)3)9-10-21-17/h5-8,13,16-17,19H,4,9-12H2,1-3H3. The number of benzene rings is 1. The number of morpholine rings is 1. The van der Waals surface area contributed by atoms with Crippen molar-refractivity contribution < 1.29 is 4.74 Å². The van der Waals surface area contributed by atoms with Gasteiger partial charge in [0, 0.05) is 30.2 Å². The minimum atomic E-state index is 0.247. The normalized spacial score (nSPS) is 21.7. The summed E-state index contributed by atoms with van der Waals surface area (Å²) in [4.78, 5) is 2.50. The van der Waals surface area contributed by atoms with E-state index in [-0.39, 0.29) is 6.10 Å². The summed E-state index contributed by atoms with van der Waals surface area (Å²) < 4.78 is 6.04. The predicted molar refractivity (Wildman–Crippen MR) is 89.1 cm³/mol. The van der Waals surface area contributed by atoms with Gasteiger partial charge >= 0.3 is 0 Å². The first-order valence-electron chi connectivity index (χ1n) is 7.93. The molecule has 0 radical (unpaired) electrons. The molecule has 118 valence electrons. The van der Waals surface area contributed by atoms with Gasteiger partial charge in [-0.25, -0.2) is 0 Å². The number of hydrogen-bond acceptors (Lipinski definition) is 3. The summed E-state index contributed by atoms with van der Waals surface area (Å²) >= 11 is 5.97. The number of nitrogens with one attached hydrogen (secondary N) is 1. The van der Waals surface area contributed by atoms with Crippen LogP contribution in [0.5, 0.6) is 0 Å². The zero-order valence-corrected chi connectivity index (χ0v) is 14.1. The molecule has 1 fully saturated rings. The lowest BCUT2D eigenvalue weighted by Gasteiger charge is -2.39. The van der Waals surface area contributed by atoms with Crippen LogP contribution in [0.2, 0.25) is 5.02 Å². The lowest BCUT2D eigenvalue weighted by atomic mass is 9.99. The van der Waals surface area contributed by atoms with Gasteiger partial charge < -0.3 is 10.1 Å². The summed E-state index contributed by atoms with van der Waals surface area (Å²) in [7, 11) is 0. The van der Waals surface area contributed by atoms with Crippen LogP contribution < -0.4 is 5.32 Å². The largest absolute Gasteiger partial charge is 0.374 e. The van der Waals surface area contributed by atoms with Crippen LogP contribution in [0.4, 0.5) is 0 Å². The quantitative estimate of drug-likeness (QED) is 0.874. The fraction of sp³-hybridized carbons (Fsp3) is 0.647. The predicted octanol–water partition coefficient (Wildman–Crippen LogP) is 2.97. The van der Waals surface area contributed by atoms with Crippen LogP contribution >= 0.6 is 11.6 Å². The molecule has 1 aromatic carbocycles. The van der Waals surface area contributed by atoms with Crippen LogP contribution in [0.25, 0.3) is 0 Å². The van der Waals surface area contributed by atoms with E-state index in [0.717, 1.165) is 37.7 Å². The number of rotatable bonds is 6. The van der Waals surface area contributed by atoms with Crippen LogP contribution in [0.15, 0.2) is 24.3 Å². The van der Waals surface area contributed by atoms with Gasteiger partial charge in [-0.2, -0.15) is 0 Å². The molecule has 1 heterocycles. The second-order valence-corrected chi connectivity index (χ2v) is 6.43. The fourth-order valence-corrected chi connectivity index (χ4v) is 3.01. The molecule has 1 aliphatic rings. The van der Waals surface area contributed by atoms with Crippen molar-refractivity contribution in [2.24, 2.45) is 0 Å². The molecule has 0 aromatic heterocycles. The Balaban J connectivity index is 2.01. The van der Waals surface area contributed by atoms with Crippen LogP contribution in [-0.2, 0) is 11.2 Å². The number of nitrogens with zero attached hydrogens (tertiary/aromatic N) is 1. The fourth-order valence-electron chi connectivity index (χ4n) is 2.88. The first-order valence-corrected chi connectivity index (χ1v) is 8.31. The highest BCUT2D eigenvalue weighted by molar-refractivity contribution is 6.30. The number of likely N-dealkylation sites (N-methyl/N-ethyl adjacent to an activating group) is 1. The van der Waals surface area contributed by atoms with Crippen molar-refractivity contribution in [3.63, 3.8) is 0 Å². The minimum absolute atomic E-state index is 0.247. The summed E-state index contributed by atoms with van der Waals surface area (Å²) in [6.45, 7) is 10.5. The Morgan fingerprint density at radius 2 is 2.05 bits per heavy atom. The Morgan fingerprint density at radius 1 is 1.33 bits per heavy atom. The number of hydrogen-bond donors (Lipinski definition) is 1. The molecule has 0 spiro atoms. The molecular weight excluding hydrogens is 284 g/mol. The second kappa shape index (κ2) is 8.14. The van der Waals surface area contributed by atoms with Crippen LogP contribution in [-0.4, -0.2) is 49.3 Å². The van der Waals surface area contributed by atoms with Crippen molar-refractivity contribution in [2.75, 3.05) is 26.2 Å². The SMILES string of the molecule is CCNC(Cc1ccc(Cl)cc1)C1CN(C(C)C)CCO1. The highest BCUT2D eigenvalue weighted by Crippen LogP contribution is 2.17. The van der Waals surface area contributed by atoms with Crippen molar-refractivity contribution in [3.8, 4) is 0 Å². The zero-order chi connectivity index (χ0) is 15.2. The Hall–Kier alpha value is -0.610. The third-order valence-corrected chi connectivity index (χ3v) is 4.39. The molecule has 2 rings (SSSR count). The highest BCUT2D eigenvalue weighted by atomic mass is 35.5. The molecule has 1 N–H and O–H groups in total. The molecule has 2 atom stereocenters.